The molecule has 1 aromatic carbocycles. The summed E-state index contributed by atoms with van der Waals surface area (Å²) in [6.07, 6.45) is 1.07. The van der Waals surface area contributed by atoms with E-state index in [9.17, 15) is 4.39 Å². The van der Waals surface area contributed by atoms with E-state index in [0.717, 1.165) is 17.1 Å². The maximum atomic E-state index is 13.6. The van der Waals surface area contributed by atoms with Gasteiger partial charge in [-0.15, -0.1) is 11.8 Å². The smallest absolute Gasteiger partial charge is 0.167 e. The third kappa shape index (κ3) is 4.77. The van der Waals surface area contributed by atoms with Gasteiger partial charge in [0.2, 0.25) is 0 Å². The number of halogens is 1. The lowest BCUT2D eigenvalue weighted by molar-refractivity contribution is 0.230. The molecule has 0 aliphatic rings. The van der Waals surface area contributed by atoms with Crippen LogP contribution >= 0.6 is 11.8 Å². The summed E-state index contributed by atoms with van der Waals surface area (Å²) in [4.78, 5) is 0.896. The van der Waals surface area contributed by atoms with Gasteiger partial charge in [0.15, 0.2) is 11.6 Å². The molecular weight excluding hydrogens is 249 g/mol. The zero-order chi connectivity index (χ0) is 13.7. The lowest BCUT2D eigenvalue weighted by Crippen LogP contribution is -2.07. The molecule has 0 amide bonds. The summed E-state index contributed by atoms with van der Waals surface area (Å²) in [6.45, 7) is 8.12. The predicted molar refractivity (Wildman–Crippen MR) is 76.8 cm³/mol. The van der Waals surface area contributed by atoms with Gasteiger partial charge in [0.05, 0.1) is 6.10 Å². The second kappa shape index (κ2) is 6.88. The fraction of sp³-hybridized carbons (Fsp3) is 0.571. The third-order valence-corrected chi connectivity index (χ3v) is 3.48. The second-order valence-corrected chi connectivity index (χ2v) is 6.15. The van der Waals surface area contributed by atoms with Crippen LogP contribution in [0.5, 0.6) is 5.75 Å². The summed E-state index contributed by atoms with van der Waals surface area (Å²) >= 11 is 1.65. The van der Waals surface area contributed by atoms with Crippen LogP contribution in [0.4, 0.5) is 10.1 Å². The summed E-state index contributed by atoms with van der Waals surface area (Å²) in [5.41, 5.74) is 6.31. The SMILES string of the molecule is CC(C)CCSc1cc(OC(C)C)c(F)cc1N. The monoisotopic (exact) mass is 271 g/mol. The number of hydrogen-bond acceptors (Lipinski definition) is 3. The average Bonchev–Trinajstić information content (AvgIpc) is 2.23. The van der Waals surface area contributed by atoms with Crippen LogP contribution in [0.2, 0.25) is 0 Å². The Kier molecular flexibility index (Phi) is 5.79. The lowest BCUT2D eigenvalue weighted by Gasteiger charge is -2.14. The van der Waals surface area contributed by atoms with Gasteiger partial charge in [-0.1, -0.05) is 13.8 Å². The number of nitrogen functional groups attached to an aromatic ring is 1. The van der Waals surface area contributed by atoms with Gasteiger partial charge in [-0.05, 0) is 38.0 Å². The zero-order valence-electron chi connectivity index (χ0n) is 11.5. The zero-order valence-corrected chi connectivity index (χ0v) is 12.3. The topological polar surface area (TPSA) is 35.2 Å². The Labute approximate surface area is 113 Å². The van der Waals surface area contributed by atoms with E-state index in [2.05, 4.69) is 13.8 Å². The van der Waals surface area contributed by atoms with Crippen molar-refractivity contribution in [3.05, 3.63) is 17.9 Å². The minimum Gasteiger partial charge on any atom is -0.488 e. The minimum absolute atomic E-state index is 0.0448. The largest absolute Gasteiger partial charge is 0.488 e. The van der Waals surface area contributed by atoms with Crippen molar-refractivity contribution in [3.63, 3.8) is 0 Å². The summed E-state index contributed by atoms with van der Waals surface area (Å²) in [5, 5.41) is 0. The first-order valence-electron chi connectivity index (χ1n) is 6.28. The molecule has 102 valence electrons. The highest BCUT2D eigenvalue weighted by Gasteiger charge is 2.11. The van der Waals surface area contributed by atoms with Crippen molar-refractivity contribution >= 4 is 17.4 Å². The maximum absolute atomic E-state index is 13.6. The van der Waals surface area contributed by atoms with Gasteiger partial charge in [-0.2, -0.15) is 0 Å². The molecule has 0 aromatic heterocycles. The molecule has 0 spiro atoms. The fourth-order valence-electron chi connectivity index (χ4n) is 1.42. The summed E-state index contributed by atoms with van der Waals surface area (Å²) in [6, 6.07) is 3.05. The maximum Gasteiger partial charge on any atom is 0.167 e. The third-order valence-electron chi connectivity index (χ3n) is 2.38. The van der Waals surface area contributed by atoms with E-state index in [0.29, 0.717) is 11.6 Å². The molecule has 0 radical (unpaired) electrons. The predicted octanol–water partition coefficient (Wildman–Crippen LogP) is 4.33. The Morgan fingerprint density at radius 2 is 1.94 bits per heavy atom. The van der Waals surface area contributed by atoms with Crippen molar-refractivity contribution in [1.29, 1.82) is 0 Å². The molecular formula is C14H22FNOS. The van der Waals surface area contributed by atoms with Gasteiger partial charge in [-0.25, -0.2) is 4.39 Å². The van der Waals surface area contributed by atoms with Crippen molar-refractivity contribution in [3.8, 4) is 5.75 Å². The van der Waals surface area contributed by atoms with E-state index in [1.54, 1.807) is 17.8 Å². The molecule has 0 bridgehead atoms. The van der Waals surface area contributed by atoms with E-state index in [1.807, 2.05) is 13.8 Å². The molecule has 0 unspecified atom stereocenters. The van der Waals surface area contributed by atoms with Crippen LogP contribution in [-0.2, 0) is 0 Å². The van der Waals surface area contributed by atoms with E-state index >= 15 is 0 Å². The first-order chi connectivity index (χ1) is 8.40. The quantitative estimate of drug-likeness (QED) is 0.617. The van der Waals surface area contributed by atoms with Crippen LogP contribution in [-0.4, -0.2) is 11.9 Å². The first-order valence-corrected chi connectivity index (χ1v) is 7.27. The highest BCUT2D eigenvalue weighted by Crippen LogP contribution is 2.32. The number of thioether (sulfide) groups is 1. The molecule has 0 fully saturated rings. The van der Waals surface area contributed by atoms with Crippen LogP contribution in [0.3, 0.4) is 0 Å². The molecule has 1 aromatic rings. The molecule has 2 N–H and O–H groups in total. The average molecular weight is 271 g/mol. The van der Waals surface area contributed by atoms with Crippen molar-refractivity contribution < 1.29 is 9.13 Å². The number of benzene rings is 1. The van der Waals surface area contributed by atoms with Crippen molar-refractivity contribution in [1.82, 2.24) is 0 Å². The molecule has 0 saturated heterocycles. The molecule has 2 nitrogen and oxygen atoms in total. The Balaban J connectivity index is 2.77. The highest BCUT2D eigenvalue weighted by atomic mass is 32.2. The van der Waals surface area contributed by atoms with Gasteiger partial charge in [0.1, 0.15) is 0 Å². The van der Waals surface area contributed by atoms with E-state index < -0.39 is 5.82 Å². The number of hydrogen-bond donors (Lipinski definition) is 1. The fourth-order valence-corrected chi connectivity index (χ4v) is 2.65. The minimum atomic E-state index is -0.394. The van der Waals surface area contributed by atoms with Gasteiger partial charge in [0.25, 0.3) is 0 Å². The number of ether oxygens (including phenoxy) is 1. The van der Waals surface area contributed by atoms with Crippen LogP contribution in [0.25, 0.3) is 0 Å². The Bertz CT molecular complexity index is 394. The molecule has 4 heteroatoms. The van der Waals surface area contributed by atoms with E-state index in [4.69, 9.17) is 10.5 Å². The number of nitrogens with two attached hydrogens (primary N) is 1. The van der Waals surface area contributed by atoms with Gasteiger partial charge >= 0.3 is 0 Å². The molecule has 0 saturated carbocycles. The Morgan fingerprint density at radius 3 is 2.50 bits per heavy atom. The Hall–Kier alpha value is -0.900. The molecule has 0 aliphatic carbocycles. The van der Waals surface area contributed by atoms with Gasteiger partial charge in [-0.3, -0.25) is 0 Å². The number of rotatable bonds is 6. The van der Waals surface area contributed by atoms with Crippen molar-refractivity contribution in [2.75, 3.05) is 11.5 Å². The van der Waals surface area contributed by atoms with Crippen LogP contribution < -0.4 is 10.5 Å². The lowest BCUT2D eigenvalue weighted by atomic mass is 10.2. The Morgan fingerprint density at radius 1 is 1.28 bits per heavy atom. The standard InChI is InChI=1S/C14H22FNOS/c1-9(2)5-6-18-14-8-13(17-10(3)4)11(15)7-12(14)16/h7-10H,5-6,16H2,1-4H3. The number of anilines is 1. The van der Waals surface area contributed by atoms with Crippen molar-refractivity contribution in [2.24, 2.45) is 5.92 Å². The van der Waals surface area contributed by atoms with Crippen LogP contribution in [0.15, 0.2) is 17.0 Å². The molecule has 0 aliphatic heterocycles. The van der Waals surface area contributed by atoms with Crippen LogP contribution in [0, 0.1) is 11.7 Å². The first kappa shape index (κ1) is 15.2. The summed E-state index contributed by atoms with van der Waals surface area (Å²) in [7, 11) is 0. The van der Waals surface area contributed by atoms with E-state index in [1.165, 1.54) is 6.07 Å². The molecule has 0 atom stereocenters. The normalized spacial score (nSPS) is 11.3. The van der Waals surface area contributed by atoms with Gasteiger partial charge < -0.3 is 10.5 Å². The highest BCUT2D eigenvalue weighted by molar-refractivity contribution is 7.99. The van der Waals surface area contributed by atoms with Crippen LogP contribution in [0.1, 0.15) is 34.1 Å². The van der Waals surface area contributed by atoms with E-state index in [-0.39, 0.29) is 11.9 Å². The van der Waals surface area contributed by atoms with Crippen molar-refractivity contribution in [2.45, 2.75) is 45.1 Å². The molecule has 0 heterocycles. The summed E-state index contributed by atoms with van der Waals surface area (Å²) in [5.74, 6) is 1.53. The second-order valence-electron chi connectivity index (χ2n) is 5.02. The summed E-state index contributed by atoms with van der Waals surface area (Å²) < 4.78 is 19.1. The molecule has 18 heavy (non-hydrogen) atoms. The van der Waals surface area contributed by atoms with Gasteiger partial charge in [0, 0.05) is 16.6 Å². The molecule has 1 rings (SSSR count).